The molecule has 0 aliphatic heterocycles. The summed E-state index contributed by atoms with van der Waals surface area (Å²) in [7, 11) is -1.87. The number of ether oxygens (including phenoxy) is 1. The van der Waals surface area contributed by atoms with Gasteiger partial charge >= 0.3 is 0 Å². The summed E-state index contributed by atoms with van der Waals surface area (Å²) in [6.07, 6.45) is 1.42. The average molecular weight is 262 g/mol. The van der Waals surface area contributed by atoms with Crippen LogP contribution in [0.1, 0.15) is 25.6 Å². The van der Waals surface area contributed by atoms with Crippen molar-refractivity contribution in [3.63, 3.8) is 0 Å². The van der Waals surface area contributed by atoms with Gasteiger partial charge in [-0.15, -0.1) is 0 Å². The van der Waals surface area contributed by atoms with Gasteiger partial charge in [-0.1, -0.05) is 0 Å². The van der Waals surface area contributed by atoms with Crippen LogP contribution in [0.25, 0.3) is 0 Å². The smallest absolute Gasteiger partial charge is 0.162 e. The van der Waals surface area contributed by atoms with Gasteiger partial charge in [0, 0.05) is 12.8 Å². The minimum Gasteiger partial charge on any atom is -0.493 e. The van der Waals surface area contributed by atoms with Gasteiger partial charge in [0.1, 0.15) is 11.8 Å². The van der Waals surface area contributed by atoms with Gasteiger partial charge in [0.15, 0.2) is 15.6 Å². The number of hydrogen-bond donors (Lipinski definition) is 1. The standard InChI is InChI=1S/C10H18N2O4S/c1-5-12-9(8(16-3)6-11-12)10(13)7(2)17(4,14)15/h6-7,10,13H,5H2,1-4H3. The number of hydrogen-bond acceptors (Lipinski definition) is 5. The fraction of sp³-hybridized carbons (Fsp3) is 0.700. The predicted molar refractivity (Wildman–Crippen MR) is 63.7 cm³/mol. The molecule has 0 saturated heterocycles. The largest absolute Gasteiger partial charge is 0.493 e. The molecule has 6 nitrogen and oxygen atoms in total. The molecule has 0 amide bonds. The zero-order chi connectivity index (χ0) is 13.2. The van der Waals surface area contributed by atoms with Crippen molar-refractivity contribution in [2.75, 3.05) is 13.4 Å². The van der Waals surface area contributed by atoms with Crippen LogP contribution >= 0.6 is 0 Å². The molecule has 0 bridgehead atoms. The van der Waals surface area contributed by atoms with Crippen molar-refractivity contribution in [2.45, 2.75) is 31.7 Å². The van der Waals surface area contributed by atoms with Gasteiger partial charge in [-0.25, -0.2) is 8.42 Å². The maximum Gasteiger partial charge on any atom is 0.162 e. The van der Waals surface area contributed by atoms with Crippen molar-refractivity contribution in [1.29, 1.82) is 0 Å². The SMILES string of the molecule is CCn1ncc(OC)c1C(O)C(C)S(C)(=O)=O. The lowest BCUT2D eigenvalue weighted by Crippen LogP contribution is -2.26. The molecule has 1 aromatic rings. The number of aromatic nitrogens is 2. The highest BCUT2D eigenvalue weighted by atomic mass is 32.2. The van der Waals surface area contributed by atoms with Gasteiger partial charge in [0.25, 0.3) is 0 Å². The van der Waals surface area contributed by atoms with Gasteiger partial charge in [0.05, 0.1) is 18.6 Å². The maximum atomic E-state index is 11.4. The Balaban J connectivity index is 3.19. The number of nitrogens with zero attached hydrogens (tertiary/aromatic N) is 2. The van der Waals surface area contributed by atoms with Gasteiger partial charge in [-0.3, -0.25) is 4.68 Å². The van der Waals surface area contributed by atoms with Gasteiger partial charge in [-0.2, -0.15) is 5.10 Å². The van der Waals surface area contributed by atoms with Crippen LogP contribution in [0.4, 0.5) is 0 Å². The highest BCUT2D eigenvalue weighted by molar-refractivity contribution is 7.91. The molecule has 1 N–H and O–H groups in total. The molecule has 17 heavy (non-hydrogen) atoms. The van der Waals surface area contributed by atoms with E-state index in [1.165, 1.54) is 24.9 Å². The lowest BCUT2D eigenvalue weighted by molar-refractivity contribution is 0.161. The Morgan fingerprint density at radius 2 is 2.18 bits per heavy atom. The van der Waals surface area contributed by atoms with E-state index in [0.29, 0.717) is 18.0 Å². The van der Waals surface area contributed by atoms with E-state index < -0.39 is 21.2 Å². The summed E-state index contributed by atoms with van der Waals surface area (Å²) in [5.41, 5.74) is 0.396. The summed E-state index contributed by atoms with van der Waals surface area (Å²) in [5.74, 6) is 0.398. The Kier molecular flexibility index (Phi) is 4.16. The van der Waals surface area contributed by atoms with Crippen LogP contribution in [0.5, 0.6) is 5.75 Å². The molecule has 1 heterocycles. The van der Waals surface area contributed by atoms with Gasteiger partial charge in [-0.05, 0) is 13.8 Å². The molecule has 1 aromatic heterocycles. The van der Waals surface area contributed by atoms with E-state index in [1.54, 1.807) is 0 Å². The van der Waals surface area contributed by atoms with E-state index >= 15 is 0 Å². The van der Waals surface area contributed by atoms with Gasteiger partial charge < -0.3 is 9.84 Å². The topological polar surface area (TPSA) is 81.4 Å². The zero-order valence-corrected chi connectivity index (χ0v) is 11.2. The van der Waals surface area contributed by atoms with Crippen LogP contribution in [0.15, 0.2) is 6.20 Å². The summed E-state index contributed by atoms with van der Waals surface area (Å²) in [6.45, 7) is 3.85. The van der Waals surface area contributed by atoms with Crippen LogP contribution in [-0.2, 0) is 16.4 Å². The molecule has 0 radical (unpaired) electrons. The molecular weight excluding hydrogens is 244 g/mol. The number of rotatable bonds is 5. The van der Waals surface area contributed by atoms with Crippen molar-refractivity contribution < 1.29 is 18.3 Å². The molecule has 0 aliphatic rings. The van der Waals surface area contributed by atoms with Crippen LogP contribution < -0.4 is 4.74 Å². The lowest BCUT2D eigenvalue weighted by atomic mass is 10.2. The summed E-state index contributed by atoms with van der Waals surface area (Å²) in [5, 5.41) is 13.2. The van der Waals surface area contributed by atoms with Crippen molar-refractivity contribution in [2.24, 2.45) is 0 Å². The number of aliphatic hydroxyl groups excluding tert-OH is 1. The number of aliphatic hydroxyl groups is 1. The fourth-order valence-electron chi connectivity index (χ4n) is 1.54. The first-order chi connectivity index (χ1) is 7.82. The van der Waals surface area contributed by atoms with Gasteiger partial charge in [0.2, 0.25) is 0 Å². The third-order valence-electron chi connectivity index (χ3n) is 2.76. The summed E-state index contributed by atoms with van der Waals surface area (Å²) in [4.78, 5) is 0. The molecule has 0 spiro atoms. The molecule has 2 atom stereocenters. The first-order valence-electron chi connectivity index (χ1n) is 5.29. The average Bonchev–Trinajstić information content (AvgIpc) is 2.68. The minimum absolute atomic E-state index is 0.396. The van der Waals surface area contributed by atoms with E-state index in [0.717, 1.165) is 6.26 Å². The molecular formula is C10H18N2O4S. The van der Waals surface area contributed by atoms with Crippen LogP contribution in [0.2, 0.25) is 0 Å². The Morgan fingerprint density at radius 3 is 2.59 bits per heavy atom. The van der Waals surface area contributed by atoms with Crippen LogP contribution in [0.3, 0.4) is 0 Å². The van der Waals surface area contributed by atoms with Crippen LogP contribution in [0, 0.1) is 0 Å². The number of aryl methyl sites for hydroxylation is 1. The molecule has 0 saturated carbocycles. The molecule has 7 heteroatoms. The fourth-order valence-corrected chi connectivity index (χ4v) is 2.14. The highest BCUT2D eigenvalue weighted by Crippen LogP contribution is 2.29. The second-order valence-corrected chi connectivity index (χ2v) is 6.30. The molecule has 1 rings (SSSR count). The molecule has 0 aliphatic carbocycles. The second kappa shape index (κ2) is 5.05. The Bertz CT molecular complexity index is 459. The molecule has 0 aromatic carbocycles. The number of sulfone groups is 1. The minimum atomic E-state index is -3.32. The maximum absolute atomic E-state index is 11.4. The van der Waals surface area contributed by atoms with E-state index in [4.69, 9.17) is 4.74 Å². The van der Waals surface area contributed by atoms with Crippen molar-refractivity contribution >= 4 is 9.84 Å². The van der Waals surface area contributed by atoms with Crippen LogP contribution in [-0.4, -0.2) is 41.9 Å². The van der Waals surface area contributed by atoms with E-state index in [-0.39, 0.29) is 0 Å². The van der Waals surface area contributed by atoms with Crippen molar-refractivity contribution in [3.8, 4) is 5.75 Å². The van der Waals surface area contributed by atoms with E-state index in [9.17, 15) is 13.5 Å². The highest BCUT2D eigenvalue weighted by Gasteiger charge is 2.30. The van der Waals surface area contributed by atoms with Crippen molar-refractivity contribution in [1.82, 2.24) is 9.78 Å². The Morgan fingerprint density at radius 1 is 1.59 bits per heavy atom. The van der Waals surface area contributed by atoms with E-state index in [1.807, 2.05) is 6.92 Å². The third-order valence-corrected chi connectivity index (χ3v) is 4.37. The third kappa shape index (κ3) is 2.78. The lowest BCUT2D eigenvalue weighted by Gasteiger charge is -2.19. The summed E-state index contributed by atoms with van der Waals surface area (Å²) >= 11 is 0. The Hall–Kier alpha value is -1.08. The zero-order valence-electron chi connectivity index (χ0n) is 10.4. The van der Waals surface area contributed by atoms with Crippen molar-refractivity contribution in [3.05, 3.63) is 11.9 Å². The summed E-state index contributed by atoms with van der Waals surface area (Å²) in [6, 6.07) is 0. The first-order valence-corrected chi connectivity index (χ1v) is 7.25. The monoisotopic (exact) mass is 262 g/mol. The summed E-state index contributed by atoms with van der Waals surface area (Å²) < 4.78 is 29.5. The Labute approximate surface area is 101 Å². The number of methoxy groups -OCH3 is 1. The second-order valence-electron chi connectivity index (χ2n) is 3.89. The molecule has 0 fully saturated rings. The quantitative estimate of drug-likeness (QED) is 0.829. The molecule has 98 valence electrons. The predicted octanol–water partition coefficient (Wildman–Crippen LogP) is 0.378. The van der Waals surface area contributed by atoms with E-state index in [2.05, 4.69) is 5.10 Å². The normalized spacial score (nSPS) is 15.6. The molecule has 2 unspecified atom stereocenters. The first kappa shape index (κ1) is 14.0.